The van der Waals surface area contributed by atoms with Gasteiger partial charge < -0.3 is 30.0 Å². The van der Waals surface area contributed by atoms with Gasteiger partial charge in [0.05, 0.1) is 31.3 Å². The fourth-order valence-electron chi connectivity index (χ4n) is 5.43. The molecule has 1 fully saturated rings. The smallest absolute Gasteiger partial charge is 0.407 e. The van der Waals surface area contributed by atoms with Crippen molar-refractivity contribution >= 4 is 18.0 Å². The lowest BCUT2D eigenvalue weighted by Gasteiger charge is -2.23. The standard InChI is InChI=1S/C32H34N2O7/c1-20(39-17-21-9-3-2-4-10-21)29(31(36)37)34-30(35)22-15-23(40-18-22)16-33-32(38)41-19-28-26-13-7-5-11-24(26)25-12-6-8-14-27(25)28/h2-14,20,22-23,28-29H,15-19H2,1H3,(H,33,38)(H,34,35)(H,36,37)/t20-,22-,23-,29+/m0/s1. The van der Waals surface area contributed by atoms with Crippen molar-refractivity contribution in [3.63, 3.8) is 0 Å². The highest BCUT2D eigenvalue weighted by atomic mass is 16.5. The maximum absolute atomic E-state index is 12.9. The Labute approximate surface area is 238 Å². The van der Waals surface area contributed by atoms with Crippen LogP contribution in [0.1, 0.15) is 36.0 Å². The first-order valence-corrected chi connectivity index (χ1v) is 13.8. The van der Waals surface area contributed by atoms with Crippen LogP contribution in [0.15, 0.2) is 78.9 Å². The molecule has 41 heavy (non-hydrogen) atoms. The molecular formula is C32H34N2O7. The summed E-state index contributed by atoms with van der Waals surface area (Å²) in [6, 6.07) is 24.4. The molecule has 0 saturated carbocycles. The number of carbonyl (C=O) groups excluding carboxylic acids is 2. The number of carboxylic acids is 1. The lowest BCUT2D eigenvalue weighted by Crippen LogP contribution is -2.50. The Balaban J connectivity index is 1.06. The Kier molecular flexibility index (Phi) is 8.96. The van der Waals surface area contributed by atoms with E-state index < -0.39 is 36.0 Å². The van der Waals surface area contributed by atoms with Gasteiger partial charge in [0.1, 0.15) is 6.61 Å². The highest BCUT2D eigenvalue weighted by Crippen LogP contribution is 2.44. The summed E-state index contributed by atoms with van der Waals surface area (Å²) in [7, 11) is 0. The number of ether oxygens (including phenoxy) is 3. The summed E-state index contributed by atoms with van der Waals surface area (Å²) in [5.74, 6) is -2.17. The SMILES string of the molecule is C[C@H](OCc1ccccc1)[C@@H](NC(=O)[C@@H]1CO[C@H](CNC(=O)OCC2c3ccccc3-c3ccccc32)C1)C(=O)O. The zero-order valence-corrected chi connectivity index (χ0v) is 22.8. The molecule has 3 aromatic carbocycles. The molecule has 9 heteroatoms. The van der Waals surface area contributed by atoms with Crippen molar-refractivity contribution < 1.29 is 33.7 Å². The number of carbonyl (C=O) groups is 3. The lowest BCUT2D eigenvalue weighted by atomic mass is 9.98. The van der Waals surface area contributed by atoms with Gasteiger partial charge in [0.25, 0.3) is 0 Å². The third-order valence-electron chi connectivity index (χ3n) is 7.66. The molecule has 1 heterocycles. The van der Waals surface area contributed by atoms with Crippen LogP contribution in [0.3, 0.4) is 0 Å². The van der Waals surface area contributed by atoms with E-state index in [2.05, 4.69) is 34.9 Å². The number of carboxylic acid groups (broad SMARTS) is 1. The summed E-state index contributed by atoms with van der Waals surface area (Å²) in [5.41, 5.74) is 5.49. The number of benzene rings is 3. The van der Waals surface area contributed by atoms with Gasteiger partial charge in [-0.25, -0.2) is 9.59 Å². The molecule has 0 unspecified atom stereocenters. The van der Waals surface area contributed by atoms with E-state index in [9.17, 15) is 19.5 Å². The summed E-state index contributed by atoms with van der Waals surface area (Å²) in [5, 5.41) is 15.0. The number of hydrogen-bond donors (Lipinski definition) is 3. The Morgan fingerprint density at radius 3 is 2.24 bits per heavy atom. The summed E-state index contributed by atoms with van der Waals surface area (Å²) in [6.07, 6.45) is -1.34. The van der Waals surface area contributed by atoms with E-state index >= 15 is 0 Å². The summed E-state index contributed by atoms with van der Waals surface area (Å²) in [6.45, 7) is 2.37. The van der Waals surface area contributed by atoms with Crippen LogP contribution in [0.2, 0.25) is 0 Å². The quantitative estimate of drug-likeness (QED) is 0.324. The number of fused-ring (bicyclic) bond motifs is 3. The van der Waals surface area contributed by atoms with Crippen LogP contribution in [-0.4, -0.2) is 61.1 Å². The van der Waals surface area contributed by atoms with Crippen LogP contribution in [0.5, 0.6) is 0 Å². The van der Waals surface area contributed by atoms with Gasteiger partial charge in [-0.3, -0.25) is 4.79 Å². The Morgan fingerprint density at radius 2 is 1.59 bits per heavy atom. The second kappa shape index (κ2) is 13.0. The van der Waals surface area contributed by atoms with E-state index in [0.29, 0.717) is 6.42 Å². The molecule has 2 amide bonds. The lowest BCUT2D eigenvalue weighted by molar-refractivity contribution is -0.147. The van der Waals surface area contributed by atoms with Crippen molar-refractivity contribution in [3.05, 3.63) is 95.6 Å². The van der Waals surface area contributed by atoms with Crippen LogP contribution < -0.4 is 10.6 Å². The minimum Gasteiger partial charge on any atom is -0.480 e. The molecule has 1 aliphatic carbocycles. The van der Waals surface area contributed by atoms with E-state index in [0.717, 1.165) is 27.8 Å². The van der Waals surface area contributed by atoms with Gasteiger partial charge >= 0.3 is 12.1 Å². The molecule has 0 radical (unpaired) electrons. The number of aliphatic carboxylic acids is 1. The number of amides is 2. The van der Waals surface area contributed by atoms with Crippen molar-refractivity contribution in [2.75, 3.05) is 19.8 Å². The normalized spacial score (nSPS) is 19.0. The van der Waals surface area contributed by atoms with E-state index in [4.69, 9.17) is 14.2 Å². The fourth-order valence-corrected chi connectivity index (χ4v) is 5.43. The van der Waals surface area contributed by atoms with Gasteiger partial charge in [-0.05, 0) is 41.2 Å². The van der Waals surface area contributed by atoms with Crippen LogP contribution >= 0.6 is 0 Å². The van der Waals surface area contributed by atoms with Gasteiger partial charge in [-0.1, -0.05) is 78.9 Å². The van der Waals surface area contributed by atoms with Gasteiger partial charge in [0.15, 0.2) is 6.04 Å². The molecule has 0 aromatic heterocycles. The second-order valence-corrected chi connectivity index (χ2v) is 10.4. The third kappa shape index (κ3) is 6.75. The van der Waals surface area contributed by atoms with E-state index in [-0.39, 0.29) is 38.4 Å². The Hall–Kier alpha value is -4.21. The van der Waals surface area contributed by atoms with Gasteiger partial charge in [-0.2, -0.15) is 0 Å². The second-order valence-electron chi connectivity index (χ2n) is 10.4. The maximum atomic E-state index is 12.9. The molecule has 3 aromatic rings. The average molecular weight is 559 g/mol. The van der Waals surface area contributed by atoms with Crippen molar-refractivity contribution in [2.45, 2.75) is 44.1 Å². The van der Waals surface area contributed by atoms with Gasteiger partial charge in [0, 0.05) is 12.5 Å². The first-order valence-electron chi connectivity index (χ1n) is 13.8. The molecule has 5 rings (SSSR count). The monoisotopic (exact) mass is 558 g/mol. The van der Waals surface area contributed by atoms with E-state index in [1.807, 2.05) is 54.6 Å². The van der Waals surface area contributed by atoms with Crippen LogP contribution in [0.4, 0.5) is 4.79 Å². The predicted octanol–water partition coefficient (Wildman–Crippen LogP) is 4.10. The minimum absolute atomic E-state index is 0.0369. The molecular weight excluding hydrogens is 524 g/mol. The van der Waals surface area contributed by atoms with Crippen molar-refractivity contribution in [1.82, 2.24) is 10.6 Å². The van der Waals surface area contributed by atoms with Crippen LogP contribution in [-0.2, 0) is 30.4 Å². The largest absolute Gasteiger partial charge is 0.480 e. The fraction of sp³-hybridized carbons (Fsp3) is 0.344. The van der Waals surface area contributed by atoms with E-state index in [1.54, 1.807) is 6.92 Å². The predicted molar refractivity (Wildman–Crippen MR) is 151 cm³/mol. The average Bonchev–Trinajstić information content (AvgIpc) is 3.60. The molecule has 4 atom stereocenters. The highest BCUT2D eigenvalue weighted by Gasteiger charge is 2.35. The molecule has 1 aliphatic heterocycles. The zero-order valence-electron chi connectivity index (χ0n) is 22.8. The minimum atomic E-state index is -1.20. The Bertz CT molecular complexity index is 1330. The summed E-state index contributed by atoms with van der Waals surface area (Å²) in [4.78, 5) is 37.2. The molecule has 1 saturated heterocycles. The van der Waals surface area contributed by atoms with Crippen LogP contribution in [0.25, 0.3) is 11.1 Å². The van der Waals surface area contributed by atoms with Crippen molar-refractivity contribution in [3.8, 4) is 11.1 Å². The molecule has 3 N–H and O–H groups in total. The van der Waals surface area contributed by atoms with Gasteiger partial charge in [0.2, 0.25) is 5.91 Å². The Morgan fingerprint density at radius 1 is 0.951 bits per heavy atom. The molecule has 9 nitrogen and oxygen atoms in total. The number of rotatable bonds is 11. The number of alkyl carbamates (subject to hydrolysis) is 1. The summed E-state index contributed by atoms with van der Waals surface area (Å²) < 4.78 is 17.0. The topological polar surface area (TPSA) is 123 Å². The van der Waals surface area contributed by atoms with Crippen molar-refractivity contribution in [2.24, 2.45) is 5.92 Å². The first kappa shape index (κ1) is 28.3. The molecule has 2 aliphatic rings. The van der Waals surface area contributed by atoms with Crippen LogP contribution in [0, 0.1) is 5.92 Å². The van der Waals surface area contributed by atoms with Gasteiger partial charge in [-0.15, -0.1) is 0 Å². The molecule has 0 spiro atoms. The number of hydrogen-bond acceptors (Lipinski definition) is 6. The van der Waals surface area contributed by atoms with Crippen molar-refractivity contribution in [1.29, 1.82) is 0 Å². The maximum Gasteiger partial charge on any atom is 0.407 e. The number of nitrogens with one attached hydrogen (secondary N) is 2. The zero-order chi connectivity index (χ0) is 28.8. The summed E-state index contributed by atoms with van der Waals surface area (Å²) >= 11 is 0. The highest BCUT2D eigenvalue weighted by molar-refractivity contribution is 5.85. The van der Waals surface area contributed by atoms with E-state index in [1.165, 1.54) is 0 Å². The first-order chi connectivity index (χ1) is 19.9. The third-order valence-corrected chi connectivity index (χ3v) is 7.66. The molecule has 0 bridgehead atoms. The molecule has 214 valence electrons.